The summed E-state index contributed by atoms with van der Waals surface area (Å²) in [4.78, 5) is 12.3. The van der Waals surface area contributed by atoms with E-state index in [-0.39, 0.29) is 18.9 Å². The van der Waals surface area contributed by atoms with Gasteiger partial charge in [0.1, 0.15) is 0 Å². The van der Waals surface area contributed by atoms with E-state index in [1.165, 1.54) is 103 Å². The van der Waals surface area contributed by atoms with Crippen molar-refractivity contribution in [1.82, 2.24) is 5.32 Å². The lowest BCUT2D eigenvalue weighted by molar-refractivity contribution is -0.124. The first-order chi connectivity index (χ1) is 20.5. The topological polar surface area (TPSA) is 89.8 Å². The Hall–Kier alpha value is -1.43. The molecule has 0 rings (SSSR count). The number of rotatable bonds is 31. The molecule has 0 aromatic heterocycles. The highest BCUT2D eigenvalue weighted by atomic mass is 16.3. The quantitative estimate of drug-likeness (QED) is 0.0478. The first kappa shape index (κ1) is 40.6. The van der Waals surface area contributed by atoms with E-state index >= 15 is 0 Å². The molecule has 0 saturated carbocycles. The third-order valence-corrected chi connectivity index (χ3v) is 7.91. The van der Waals surface area contributed by atoms with Crippen LogP contribution in [0.1, 0.15) is 168 Å². The Morgan fingerprint density at radius 1 is 0.595 bits per heavy atom. The minimum Gasteiger partial charge on any atom is -0.394 e. The molecule has 0 fully saturated rings. The van der Waals surface area contributed by atoms with Crippen molar-refractivity contribution in [3.8, 4) is 0 Å². The van der Waals surface area contributed by atoms with E-state index in [4.69, 9.17) is 0 Å². The highest BCUT2D eigenvalue weighted by Gasteiger charge is 2.20. The second-order valence-corrected chi connectivity index (χ2v) is 12.1. The number of carbonyl (C=O) groups excluding carboxylic acids is 1. The zero-order valence-corrected chi connectivity index (χ0v) is 27.6. The minimum absolute atomic E-state index is 0.00204. The number of carbonyl (C=O) groups is 1. The summed E-state index contributed by atoms with van der Waals surface area (Å²) in [5.74, 6) is -0.336. The molecule has 0 aliphatic rings. The van der Waals surface area contributed by atoms with Crippen LogP contribution in [0.25, 0.3) is 0 Å². The molecule has 42 heavy (non-hydrogen) atoms. The van der Waals surface area contributed by atoms with Crippen molar-refractivity contribution in [1.29, 1.82) is 0 Å². The Bertz CT molecular complexity index is 660. The fraction of sp³-hybridized carbons (Fsp3) is 0.811. The van der Waals surface area contributed by atoms with Gasteiger partial charge in [0.25, 0.3) is 0 Å². The van der Waals surface area contributed by atoms with Crippen LogP contribution in [0.15, 0.2) is 36.5 Å². The molecule has 0 aliphatic heterocycles. The molecule has 0 aromatic carbocycles. The maximum atomic E-state index is 12.3. The van der Waals surface area contributed by atoms with Gasteiger partial charge in [-0.25, -0.2) is 0 Å². The largest absolute Gasteiger partial charge is 0.394 e. The number of nitrogens with one attached hydrogen (secondary N) is 1. The Morgan fingerprint density at radius 2 is 1.02 bits per heavy atom. The second-order valence-electron chi connectivity index (χ2n) is 12.1. The van der Waals surface area contributed by atoms with Crippen LogP contribution in [-0.2, 0) is 4.79 Å². The Balaban J connectivity index is 3.80. The van der Waals surface area contributed by atoms with Crippen molar-refractivity contribution >= 4 is 5.91 Å². The van der Waals surface area contributed by atoms with Crippen LogP contribution in [0, 0.1) is 0 Å². The van der Waals surface area contributed by atoms with Crippen LogP contribution in [0.4, 0.5) is 0 Å². The summed E-state index contributed by atoms with van der Waals surface area (Å²) in [5, 5.41) is 32.8. The molecule has 1 amide bonds. The lowest BCUT2D eigenvalue weighted by atomic mass is 10.0. The molecule has 0 heterocycles. The van der Waals surface area contributed by atoms with E-state index in [0.29, 0.717) is 6.42 Å². The van der Waals surface area contributed by atoms with Crippen LogP contribution >= 0.6 is 0 Å². The Morgan fingerprint density at radius 3 is 1.52 bits per heavy atom. The van der Waals surface area contributed by atoms with Crippen molar-refractivity contribution in [3.05, 3.63) is 36.5 Å². The van der Waals surface area contributed by atoms with Crippen molar-refractivity contribution in [2.75, 3.05) is 6.61 Å². The standard InChI is InChI=1S/C37H69NO4/c1-3-5-7-9-11-12-13-14-15-16-17-18-19-20-21-22-23-25-27-29-31-36(41)35(33-39)38-37(42)32-34(40)30-28-26-24-10-8-6-4-2/h18-19,22-23,29,31,34-36,39-41H,3-17,20-21,24-28,30,32-33H2,1-2H3,(H,38,42)/b19-18+,23-22+,31-29+. The van der Waals surface area contributed by atoms with Gasteiger partial charge in [0, 0.05) is 0 Å². The van der Waals surface area contributed by atoms with Gasteiger partial charge in [0.15, 0.2) is 0 Å². The lowest BCUT2D eigenvalue weighted by Crippen LogP contribution is -2.45. The van der Waals surface area contributed by atoms with Crippen molar-refractivity contribution in [2.24, 2.45) is 0 Å². The fourth-order valence-corrected chi connectivity index (χ4v) is 5.13. The summed E-state index contributed by atoms with van der Waals surface area (Å²) < 4.78 is 0. The first-order valence-corrected chi connectivity index (χ1v) is 17.8. The molecule has 0 saturated heterocycles. The minimum atomic E-state index is -0.955. The molecule has 3 atom stereocenters. The van der Waals surface area contributed by atoms with E-state index in [1.807, 2.05) is 6.08 Å². The third kappa shape index (κ3) is 28.7. The molecule has 0 aromatic rings. The number of hydrogen-bond donors (Lipinski definition) is 4. The molecule has 3 unspecified atom stereocenters. The van der Waals surface area contributed by atoms with Gasteiger partial charge < -0.3 is 20.6 Å². The first-order valence-electron chi connectivity index (χ1n) is 17.8. The molecule has 0 radical (unpaired) electrons. The molecular formula is C37H69NO4. The predicted molar refractivity (Wildman–Crippen MR) is 181 cm³/mol. The maximum Gasteiger partial charge on any atom is 0.222 e. The highest BCUT2D eigenvalue weighted by molar-refractivity contribution is 5.76. The van der Waals surface area contributed by atoms with E-state index in [0.717, 1.165) is 38.5 Å². The van der Waals surface area contributed by atoms with E-state index in [9.17, 15) is 20.1 Å². The van der Waals surface area contributed by atoms with Gasteiger partial charge in [0.05, 0.1) is 31.3 Å². The van der Waals surface area contributed by atoms with Gasteiger partial charge in [-0.1, -0.05) is 153 Å². The smallest absolute Gasteiger partial charge is 0.222 e. The van der Waals surface area contributed by atoms with Gasteiger partial charge in [-0.15, -0.1) is 0 Å². The molecule has 0 aliphatic carbocycles. The van der Waals surface area contributed by atoms with Crippen LogP contribution in [0.2, 0.25) is 0 Å². The summed E-state index contributed by atoms with van der Waals surface area (Å²) in [6.45, 7) is 4.13. The predicted octanol–water partition coefficient (Wildman–Crippen LogP) is 9.26. The molecule has 0 spiro atoms. The molecule has 4 N–H and O–H groups in total. The number of amides is 1. The molecule has 246 valence electrons. The average Bonchev–Trinajstić information content (AvgIpc) is 2.98. The van der Waals surface area contributed by atoms with Crippen LogP contribution in [0.5, 0.6) is 0 Å². The average molecular weight is 592 g/mol. The van der Waals surface area contributed by atoms with Gasteiger partial charge in [-0.05, 0) is 44.9 Å². The summed E-state index contributed by atoms with van der Waals surface area (Å²) >= 11 is 0. The number of aliphatic hydroxyl groups is 3. The van der Waals surface area contributed by atoms with Crippen molar-refractivity contribution in [3.63, 3.8) is 0 Å². The normalized spacial score (nSPS) is 14.3. The van der Waals surface area contributed by atoms with E-state index < -0.39 is 18.2 Å². The van der Waals surface area contributed by atoms with Crippen LogP contribution < -0.4 is 5.32 Å². The third-order valence-electron chi connectivity index (χ3n) is 7.91. The van der Waals surface area contributed by atoms with E-state index in [2.05, 4.69) is 43.5 Å². The number of unbranched alkanes of at least 4 members (excludes halogenated alkanes) is 18. The number of aliphatic hydroxyl groups excluding tert-OH is 3. The maximum absolute atomic E-state index is 12.3. The SMILES string of the molecule is CCCCCCCCCCCC/C=C/CC/C=C/CC/C=C/C(O)C(CO)NC(=O)CC(O)CCCCCCCCC. The summed E-state index contributed by atoms with van der Waals surface area (Å²) in [5.41, 5.74) is 0. The Labute approximate surface area is 260 Å². The second kappa shape index (κ2) is 32.5. The zero-order valence-electron chi connectivity index (χ0n) is 27.6. The molecular weight excluding hydrogens is 522 g/mol. The van der Waals surface area contributed by atoms with Crippen molar-refractivity contribution in [2.45, 2.75) is 186 Å². The highest BCUT2D eigenvalue weighted by Crippen LogP contribution is 2.13. The van der Waals surface area contributed by atoms with Crippen molar-refractivity contribution < 1.29 is 20.1 Å². The number of allylic oxidation sites excluding steroid dienone is 5. The molecule has 5 heteroatoms. The molecule has 0 bridgehead atoms. The Kier molecular flexibility index (Phi) is 31.4. The van der Waals surface area contributed by atoms with Gasteiger partial charge in [-0.2, -0.15) is 0 Å². The van der Waals surface area contributed by atoms with Gasteiger partial charge in [-0.3, -0.25) is 4.79 Å². The summed E-state index contributed by atoms with van der Waals surface area (Å²) in [6, 6.07) is -0.762. The van der Waals surface area contributed by atoms with Crippen LogP contribution in [0.3, 0.4) is 0 Å². The zero-order chi connectivity index (χ0) is 30.9. The van der Waals surface area contributed by atoms with Crippen LogP contribution in [-0.4, -0.2) is 46.1 Å². The monoisotopic (exact) mass is 592 g/mol. The summed E-state index contributed by atoms with van der Waals surface area (Å²) in [7, 11) is 0. The molecule has 5 nitrogen and oxygen atoms in total. The van der Waals surface area contributed by atoms with Gasteiger partial charge >= 0.3 is 0 Å². The lowest BCUT2D eigenvalue weighted by Gasteiger charge is -2.20. The van der Waals surface area contributed by atoms with Gasteiger partial charge in [0.2, 0.25) is 5.91 Å². The fourth-order valence-electron chi connectivity index (χ4n) is 5.13. The van der Waals surface area contributed by atoms with E-state index in [1.54, 1.807) is 6.08 Å². The summed E-state index contributed by atoms with van der Waals surface area (Å²) in [6.07, 6.45) is 38.6. The number of hydrogen-bond acceptors (Lipinski definition) is 4.